The first-order valence-corrected chi connectivity index (χ1v) is 9.64. The molecule has 28 heavy (non-hydrogen) atoms. The van der Waals surface area contributed by atoms with Gasteiger partial charge in [-0.1, -0.05) is 12.1 Å². The fourth-order valence-corrected chi connectivity index (χ4v) is 3.59. The molecule has 0 amide bonds. The molecular formula is C21H31N7. The van der Waals surface area contributed by atoms with Gasteiger partial charge in [-0.15, -0.1) is 0 Å². The van der Waals surface area contributed by atoms with Gasteiger partial charge in [0.25, 0.3) is 0 Å². The lowest BCUT2D eigenvalue weighted by Crippen LogP contribution is -2.42. The summed E-state index contributed by atoms with van der Waals surface area (Å²) in [5, 5.41) is 12.5. The van der Waals surface area contributed by atoms with E-state index in [0.29, 0.717) is 0 Å². The topological polar surface area (TPSA) is 73.3 Å². The van der Waals surface area contributed by atoms with E-state index >= 15 is 0 Å². The molecule has 0 aliphatic carbocycles. The van der Waals surface area contributed by atoms with Crippen LogP contribution in [0.3, 0.4) is 0 Å². The molecule has 0 radical (unpaired) electrons. The number of rotatable bonds is 7. The normalized spacial score (nSPS) is 13.3. The van der Waals surface area contributed by atoms with Crippen molar-refractivity contribution < 1.29 is 0 Å². The van der Waals surface area contributed by atoms with Crippen LogP contribution in [0, 0.1) is 6.92 Å². The van der Waals surface area contributed by atoms with Gasteiger partial charge >= 0.3 is 0 Å². The summed E-state index contributed by atoms with van der Waals surface area (Å²) in [6.45, 7) is 3.73. The third kappa shape index (κ3) is 4.54. The van der Waals surface area contributed by atoms with Crippen molar-refractivity contribution in [3.8, 4) is 0 Å². The van der Waals surface area contributed by atoms with Crippen molar-refractivity contribution in [3.05, 3.63) is 53.5 Å². The Balaban J connectivity index is 1.55. The molecule has 7 nitrogen and oxygen atoms in total. The Labute approximate surface area is 166 Å². The average molecular weight is 382 g/mol. The van der Waals surface area contributed by atoms with Crippen molar-refractivity contribution in [2.24, 2.45) is 12.0 Å². The Morgan fingerprint density at radius 3 is 2.82 bits per heavy atom. The lowest BCUT2D eigenvalue weighted by Gasteiger charge is -2.24. The first kappa shape index (κ1) is 19.9. The predicted octanol–water partition coefficient (Wildman–Crippen LogP) is 2.22. The number of aromatic amines is 1. The fraction of sp³-hybridized carbons (Fsp3) is 0.429. The van der Waals surface area contributed by atoms with E-state index in [-0.39, 0.29) is 6.04 Å². The zero-order valence-corrected chi connectivity index (χ0v) is 17.5. The van der Waals surface area contributed by atoms with Crippen molar-refractivity contribution in [2.75, 3.05) is 34.2 Å². The third-order valence-electron chi connectivity index (χ3n) is 5.10. The maximum absolute atomic E-state index is 4.36. The maximum Gasteiger partial charge on any atom is 0.191 e. The Morgan fingerprint density at radius 1 is 1.32 bits per heavy atom. The number of benzene rings is 1. The number of aryl methyl sites for hydroxylation is 2. The Hall–Kier alpha value is -2.80. The number of hydrogen-bond donors (Lipinski definition) is 3. The average Bonchev–Trinajstić information content (AvgIpc) is 3.27. The molecule has 0 aliphatic heterocycles. The second kappa shape index (κ2) is 8.93. The van der Waals surface area contributed by atoms with Crippen LogP contribution in [0.15, 0.2) is 41.8 Å². The molecule has 2 heterocycles. The van der Waals surface area contributed by atoms with Crippen LogP contribution in [0.1, 0.15) is 22.7 Å². The monoisotopic (exact) mass is 381 g/mol. The summed E-state index contributed by atoms with van der Waals surface area (Å²) < 4.78 is 1.84. The van der Waals surface area contributed by atoms with Crippen molar-refractivity contribution in [1.29, 1.82) is 0 Å². The summed E-state index contributed by atoms with van der Waals surface area (Å²) in [7, 11) is 7.90. The highest BCUT2D eigenvalue weighted by Crippen LogP contribution is 2.22. The first-order valence-electron chi connectivity index (χ1n) is 9.64. The maximum atomic E-state index is 4.36. The minimum atomic E-state index is 0.225. The van der Waals surface area contributed by atoms with Gasteiger partial charge in [0.2, 0.25) is 0 Å². The summed E-state index contributed by atoms with van der Waals surface area (Å²) >= 11 is 0. The number of fused-ring (bicyclic) bond motifs is 1. The molecule has 3 N–H and O–H groups in total. The zero-order valence-electron chi connectivity index (χ0n) is 17.5. The van der Waals surface area contributed by atoms with Gasteiger partial charge in [-0.25, -0.2) is 0 Å². The van der Waals surface area contributed by atoms with Gasteiger partial charge in [0.05, 0.1) is 12.2 Å². The highest BCUT2D eigenvalue weighted by atomic mass is 15.3. The molecule has 2 aromatic heterocycles. The van der Waals surface area contributed by atoms with Crippen LogP contribution in [-0.2, 0) is 13.5 Å². The SMILES string of the molecule is CN=C(NCCc1c[nH]c2cccc(C)c12)NCC(c1cnn(C)c1)N(C)C. The van der Waals surface area contributed by atoms with E-state index in [1.54, 1.807) is 7.05 Å². The fourth-order valence-electron chi connectivity index (χ4n) is 3.59. The van der Waals surface area contributed by atoms with E-state index in [4.69, 9.17) is 0 Å². The first-order chi connectivity index (χ1) is 13.5. The standard InChI is InChI=1S/C21H31N7/c1-15-7-6-8-18-20(15)16(11-24-18)9-10-23-21(22-2)25-13-19(27(3)4)17-12-26-28(5)14-17/h6-8,11-12,14,19,24H,9-10,13H2,1-5H3,(H2,22,23,25). The quantitative estimate of drug-likeness (QED) is 0.433. The van der Waals surface area contributed by atoms with E-state index in [2.05, 4.69) is 82.2 Å². The highest BCUT2D eigenvalue weighted by Gasteiger charge is 2.16. The van der Waals surface area contributed by atoms with E-state index in [1.807, 2.05) is 17.9 Å². The van der Waals surface area contributed by atoms with Crippen molar-refractivity contribution in [1.82, 2.24) is 30.3 Å². The number of likely N-dealkylation sites (N-methyl/N-ethyl adjacent to an activating group) is 1. The number of guanidine groups is 1. The number of aliphatic imine (C=N–C) groups is 1. The molecule has 0 fully saturated rings. The molecule has 0 bridgehead atoms. The van der Waals surface area contributed by atoms with Crippen LogP contribution in [0.5, 0.6) is 0 Å². The third-order valence-corrected chi connectivity index (χ3v) is 5.10. The van der Waals surface area contributed by atoms with Crippen molar-refractivity contribution >= 4 is 16.9 Å². The van der Waals surface area contributed by atoms with Gasteiger partial charge in [-0.2, -0.15) is 5.10 Å². The highest BCUT2D eigenvalue weighted by molar-refractivity contribution is 5.86. The Morgan fingerprint density at radius 2 is 2.14 bits per heavy atom. The van der Waals surface area contributed by atoms with Crippen LogP contribution < -0.4 is 10.6 Å². The molecule has 150 valence electrons. The van der Waals surface area contributed by atoms with Crippen LogP contribution >= 0.6 is 0 Å². The molecule has 1 aromatic carbocycles. The molecule has 0 saturated carbocycles. The Kier molecular flexibility index (Phi) is 6.36. The molecule has 3 rings (SSSR count). The van der Waals surface area contributed by atoms with E-state index in [0.717, 1.165) is 25.5 Å². The number of nitrogens with zero attached hydrogens (tertiary/aromatic N) is 4. The van der Waals surface area contributed by atoms with Gasteiger partial charge in [0.1, 0.15) is 0 Å². The van der Waals surface area contributed by atoms with Gasteiger partial charge in [0.15, 0.2) is 5.96 Å². The number of hydrogen-bond acceptors (Lipinski definition) is 3. The summed E-state index contributed by atoms with van der Waals surface area (Å²) in [6, 6.07) is 6.60. The molecule has 0 spiro atoms. The Bertz CT molecular complexity index is 935. The van der Waals surface area contributed by atoms with E-state index < -0.39 is 0 Å². The molecule has 1 atom stereocenters. The van der Waals surface area contributed by atoms with Crippen LogP contribution in [-0.4, -0.2) is 59.9 Å². The lowest BCUT2D eigenvalue weighted by atomic mass is 10.1. The second-order valence-electron chi connectivity index (χ2n) is 7.37. The smallest absolute Gasteiger partial charge is 0.191 e. The van der Waals surface area contributed by atoms with Gasteiger partial charge < -0.3 is 20.5 Å². The summed E-state index contributed by atoms with van der Waals surface area (Å²) in [5.74, 6) is 0.812. The largest absolute Gasteiger partial charge is 0.361 e. The lowest BCUT2D eigenvalue weighted by molar-refractivity contribution is 0.298. The molecular weight excluding hydrogens is 350 g/mol. The second-order valence-corrected chi connectivity index (χ2v) is 7.37. The van der Waals surface area contributed by atoms with E-state index in [1.165, 1.54) is 27.6 Å². The summed E-state index contributed by atoms with van der Waals surface area (Å²) in [4.78, 5) is 9.92. The summed E-state index contributed by atoms with van der Waals surface area (Å²) in [5.41, 5.74) is 5.02. The zero-order chi connectivity index (χ0) is 20.1. The molecule has 3 aromatic rings. The molecule has 7 heteroatoms. The van der Waals surface area contributed by atoms with Crippen LogP contribution in [0.4, 0.5) is 0 Å². The molecule has 1 unspecified atom stereocenters. The van der Waals surface area contributed by atoms with Gasteiger partial charge in [-0.05, 0) is 44.6 Å². The summed E-state index contributed by atoms with van der Waals surface area (Å²) in [6.07, 6.45) is 7.02. The predicted molar refractivity (Wildman–Crippen MR) is 116 cm³/mol. The number of nitrogens with one attached hydrogen (secondary N) is 3. The molecule has 0 aliphatic rings. The minimum absolute atomic E-state index is 0.225. The number of aromatic nitrogens is 3. The van der Waals surface area contributed by atoms with E-state index in [9.17, 15) is 0 Å². The minimum Gasteiger partial charge on any atom is -0.361 e. The van der Waals surface area contributed by atoms with Crippen LogP contribution in [0.2, 0.25) is 0 Å². The molecule has 0 saturated heterocycles. The van der Waals surface area contributed by atoms with Gasteiger partial charge in [-0.3, -0.25) is 9.67 Å². The van der Waals surface area contributed by atoms with Crippen molar-refractivity contribution in [3.63, 3.8) is 0 Å². The van der Waals surface area contributed by atoms with Gasteiger partial charge in [0, 0.05) is 56.0 Å². The van der Waals surface area contributed by atoms with Crippen molar-refractivity contribution in [2.45, 2.75) is 19.4 Å². The number of H-pyrrole nitrogens is 1. The van der Waals surface area contributed by atoms with Crippen LogP contribution in [0.25, 0.3) is 10.9 Å².